The van der Waals surface area contributed by atoms with Crippen LogP contribution in [0.5, 0.6) is 0 Å². The Hall–Kier alpha value is -2.06. The molecule has 8 aliphatic rings. The topological polar surface area (TPSA) is 87.1 Å². The lowest BCUT2D eigenvalue weighted by molar-refractivity contribution is -0.180. The Morgan fingerprint density at radius 2 is 1.11 bits per heavy atom. The van der Waals surface area contributed by atoms with Gasteiger partial charge in [-0.2, -0.15) is 0 Å². The molecule has 10 rings (SSSR count). The van der Waals surface area contributed by atoms with E-state index in [2.05, 4.69) is 81.7 Å². The second-order valence-corrected chi connectivity index (χ2v) is 25.3. The lowest BCUT2D eigenvalue weighted by Gasteiger charge is -2.61. The van der Waals surface area contributed by atoms with Gasteiger partial charge in [0, 0.05) is 28.9 Å². The summed E-state index contributed by atoms with van der Waals surface area (Å²) < 4.78 is 1.14. The fourth-order valence-corrected chi connectivity index (χ4v) is 17.4. The minimum Gasteiger partial charge on any atom is -0.390 e. The zero-order chi connectivity index (χ0) is 46.0. The van der Waals surface area contributed by atoms with Gasteiger partial charge in [-0.3, -0.25) is 14.4 Å². The summed E-state index contributed by atoms with van der Waals surface area (Å²) in [6.45, 7) is 15.6. The highest BCUT2D eigenvalue weighted by atomic mass is 79.9. The number of hydrogen-bond acceptors (Lipinski definition) is 5. The third-order valence-corrected chi connectivity index (χ3v) is 21.3. The number of Topliss-reactive ketones (excluding diaryl/α,β-unsaturated/α-hetero) is 1. The molecule has 370 valence electrons. The number of benzene rings is 2. The van der Waals surface area contributed by atoms with Crippen molar-refractivity contribution in [2.45, 2.75) is 190 Å². The van der Waals surface area contributed by atoms with E-state index in [1.54, 1.807) is 14.2 Å². The molecule has 0 radical (unpaired) electrons. The van der Waals surface area contributed by atoms with Gasteiger partial charge in [0.25, 0.3) is 0 Å². The molecule has 2 N–H and O–H groups in total. The van der Waals surface area contributed by atoms with Crippen molar-refractivity contribution in [2.24, 2.45) is 81.3 Å². The summed E-state index contributed by atoms with van der Waals surface area (Å²) in [6, 6.07) is 16.5. The fourth-order valence-electron chi connectivity index (χ4n) is 17.1. The predicted molar refractivity (Wildman–Crippen MR) is 275 cm³/mol. The van der Waals surface area contributed by atoms with Crippen molar-refractivity contribution >= 4 is 27.6 Å². The summed E-state index contributed by atoms with van der Waals surface area (Å²) in [4.78, 5) is 31.6. The van der Waals surface area contributed by atoms with Gasteiger partial charge in [-0.15, -0.1) is 0 Å². The second kappa shape index (κ2) is 20.3. The van der Waals surface area contributed by atoms with Crippen LogP contribution in [0.15, 0.2) is 53.0 Å². The molecule has 16 atom stereocenters. The quantitative estimate of drug-likeness (QED) is 0.235. The van der Waals surface area contributed by atoms with E-state index in [1.807, 2.05) is 31.2 Å². The highest BCUT2D eigenvalue weighted by molar-refractivity contribution is 9.10. The summed E-state index contributed by atoms with van der Waals surface area (Å²) >= 11 is 3.35. The van der Waals surface area contributed by atoms with E-state index < -0.39 is 11.2 Å². The number of amides is 1. The van der Waals surface area contributed by atoms with E-state index in [1.165, 1.54) is 93.2 Å². The zero-order valence-electron chi connectivity index (χ0n) is 41.1. The van der Waals surface area contributed by atoms with E-state index in [9.17, 15) is 19.8 Å². The van der Waals surface area contributed by atoms with Gasteiger partial charge in [0.1, 0.15) is 0 Å². The molecule has 1 amide bonds. The van der Waals surface area contributed by atoms with E-state index in [4.69, 9.17) is 4.84 Å². The molecule has 0 unspecified atom stereocenters. The molecule has 0 spiro atoms. The number of hydroxylamine groups is 2. The predicted octanol–water partition coefficient (Wildman–Crippen LogP) is 14.6. The Balaban J connectivity index is 0.000000183. The molecule has 2 aromatic carbocycles. The van der Waals surface area contributed by atoms with E-state index in [0.29, 0.717) is 29.0 Å². The Morgan fingerprint density at radius 3 is 1.74 bits per heavy atom. The second-order valence-electron chi connectivity index (χ2n) is 24.4. The van der Waals surface area contributed by atoms with Crippen LogP contribution in [0.25, 0.3) is 0 Å². The van der Waals surface area contributed by atoms with E-state index in [0.717, 1.165) is 84.1 Å². The number of nitrogens with zero attached hydrogens (tertiary/aromatic N) is 1. The molecular formula is C59H92BrNO5. The summed E-state index contributed by atoms with van der Waals surface area (Å²) in [5.41, 5.74) is 3.26. The first kappa shape index (κ1) is 53.3. The van der Waals surface area contributed by atoms with Crippen LogP contribution in [-0.2, 0) is 9.63 Å². The number of halogens is 1. The maximum absolute atomic E-state index is 13.5. The molecule has 7 heteroatoms. The molecule has 8 aliphatic carbocycles. The van der Waals surface area contributed by atoms with Gasteiger partial charge in [-0.05, 0) is 225 Å². The third kappa shape index (κ3) is 10.1. The minimum absolute atomic E-state index is 0. The van der Waals surface area contributed by atoms with Crippen molar-refractivity contribution in [1.29, 1.82) is 0 Å². The van der Waals surface area contributed by atoms with Crippen molar-refractivity contribution in [3.8, 4) is 0 Å². The van der Waals surface area contributed by atoms with Gasteiger partial charge in [-0.1, -0.05) is 99.1 Å². The fraction of sp³-hybridized carbons (Fsp3) is 0.763. The summed E-state index contributed by atoms with van der Waals surface area (Å²) in [6.07, 6.45) is 21.0. The Labute approximate surface area is 410 Å². The zero-order valence-corrected chi connectivity index (χ0v) is 42.7. The van der Waals surface area contributed by atoms with Gasteiger partial charge < -0.3 is 10.2 Å². The van der Waals surface area contributed by atoms with Crippen molar-refractivity contribution in [3.05, 3.63) is 69.7 Å². The Kier molecular flexibility index (Phi) is 16.4. The van der Waals surface area contributed by atoms with Crippen molar-refractivity contribution in [3.63, 3.8) is 0 Å². The number of fused-ring (bicyclic) bond motifs is 10. The van der Waals surface area contributed by atoms with Crippen molar-refractivity contribution < 1.29 is 24.6 Å². The third-order valence-electron chi connectivity index (χ3n) is 20.7. The molecule has 0 heterocycles. The van der Waals surface area contributed by atoms with Crippen LogP contribution in [0.2, 0.25) is 0 Å². The number of aliphatic hydroxyl groups is 2. The molecule has 8 saturated carbocycles. The van der Waals surface area contributed by atoms with Crippen LogP contribution in [0.4, 0.5) is 0 Å². The molecule has 66 heavy (non-hydrogen) atoms. The molecule has 8 fully saturated rings. The molecular weight excluding hydrogens is 883 g/mol. The van der Waals surface area contributed by atoms with Crippen molar-refractivity contribution in [1.82, 2.24) is 5.06 Å². The lowest BCUT2D eigenvalue weighted by Crippen LogP contribution is -2.55. The Bertz CT molecular complexity index is 1940. The number of hydrogen-bond donors (Lipinski definition) is 2. The molecule has 2 aromatic rings. The van der Waals surface area contributed by atoms with Crippen LogP contribution in [-0.4, -0.2) is 52.3 Å². The molecule has 0 saturated heterocycles. The number of aryl methyl sites for hydroxylation is 2. The SMILES string of the molecule is C.C.CON(C)C(=O)[C@H]1CC[C@H]2[C@@H]3CC[C@@H]4C[C@](C)(O)CC[C@@H]4[C@H]3CC[C@]12C.Cc1ccc(Br)cc1.Cc1ccc(C(=O)[C@H]2CC[C@H]3[C@@H]4CC[C@@H]5C[C@](C)(O)CC[C@]5(C)[C@H]4CC[C@]23C)cc1. The average molecular weight is 975 g/mol. The first-order chi connectivity index (χ1) is 30.2. The van der Waals surface area contributed by atoms with Crippen molar-refractivity contribution in [2.75, 3.05) is 14.2 Å². The summed E-state index contributed by atoms with van der Waals surface area (Å²) in [7, 11) is 3.34. The molecule has 0 bridgehead atoms. The molecule has 0 aromatic heterocycles. The first-order valence-electron chi connectivity index (χ1n) is 25.8. The van der Waals surface area contributed by atoms with Crippen LogP contribution < -0.4 is 0 Å². The Morgan fingerprint density at radius 1 is 0.576 bits per heavy atom. The summed E-state index contributed by atoms with van der Waals surface area (Å²) in [5, 5.41) is 22.7. The summed E-state index contributed by atoms with van der Waals surface area (Å²) in [5.74, 6) is 7.72. The van der Waals surface area contributed by atoms with Crippen LogP contribution in [0.3, 0.4) is 0 Å². The normalized spacial score (nSPS) is 42.8. The standard InChI is InChI=1S/C28H40O2.C22H37NO3.C7H7Br.2CH4/c1-18-5-7-19(8-6-18)25(29)24-12-11-22-21-10-9-20-17-26(2,30)15-16-27(20,3)23(21)13-14-28(22,24)4;1-21(25)11-9-15-14(13-21)5-6-17-16(15)10-12-22(2)18(17)7-8-19(22)20(24)23(3)26-4;1-6-2-4-7(8)5-3-6;;/h5-8,20-24,30H,9-17H2,1-4H3;14-19,25H,5-13H2,1-4H3;2-5H,1H3;2*1H4/t20-,21+,22+,23+,24-,26-,27+,28+;14-,15+,16-,17-,18+,19-,21-,22+;;;/m11.../s1. The smallest absolute Gasteiger partial charge is 0.249 e. The number of ketones is 1. The van der Waals surface area contributed by atoms with Crippen LogP contribution in [0, 0.1) is 95.2 Å². The van der Waals surface area contributed by atoms with Crippen LogP contribution >= 0.6 is 15.9 Å². The maximum Gasteiger partial charge on any atom is 0.249 e. The van der Waals surface area contributed by atoms with Gasteiger partial charge in [0.05, 0.1) is 18.3 Å². The van der Waals surface area contributed by atoms with E-state index >= 15 is 0 Å². The largest absolute Gasteiger partial charge is 0.390 e. The van der Waals surface area contributed by atoms with Gasteiger partial charge in [0.15, 0.2) is 5.78 Å². The first-order valence-corrected chi connectivity index (χ1v) is 26.6. The number of carbonyl (C=O) groups excluding carboxylic acids is 2. The van der Waals surface area contributed by atoms with E-state index in [-0.39, 0.29) is 43.4 Å². The highest BCUT2D eigenvalue weighted by Gasteiger charge is 2.62. The maximum atomic E-state index is 13.5. The number of rotatable bonds is 4. The molecule has 6 nitrogen and oxygen atoms in total. The van der Waals surface area contributed by atoms with Gasteiger partial charge >= 0.3 is 0 Å². The molecule has 0 aliphatic heterocycles. The highest BCUT2D eigenvalue weighted by Crippen LogP contribution is 2.69. The lowest BCUT2D eigenvalue weighted by atomic mass is 9.44. The minimum atomic E-state index is -0.459. The average Bonchev–Trinajstić information content (AvgIpc) is 3.81. The van der Waals surface area contributed by atoms with Gasteiger partial charge in [-0.25, -0.2) is 5.06 Å². The van der Waals surface area contributed by atoms with Crippen LogP contribution in [0.1, 0.15) is 187 Å². The number of carbonyl (C=O) groups is 2. The monoisotopic (exact) mass is 974 g/mol. The van der Waals surface area contributed by atoms with Gasteiger partial charge in [0.2, 0.25) is 5.91 Å².